The average molecular weight is 560 g/mol. The first kappa shape index (κ1) is 29.3. The maximum atomic E-state index is 15.0. The van der Waals surface area contributed by atoms with E-state index < -0.39 is 46.6 Å². The summed E-state index contributed by atoms with van der Waals surface area (Å²) in [6.45, 7) is 6.86. The molecule has 3 rings (SSSR count). The summed E-state index contributed by atoms with van der Waals surface area (Å²) in [4.78, 5) is 25.1. The second kappa shape index (κ2) is 11.7. The average Bonchev–Trinajstić information content (AvgIpc) is 2.85. The van der Waals surface area contributed by atoms with Crippen molar-refractivity contribution in [2.24, 2.45) is 0 Å². The molecule has 1 aliphatic rings. The van der Waals surface area contributed by atoms with Crippen LogP contribution in [0.15, 0.2) is 42.5 Å². The molecule has 0 aromatic heterocycles. The van der Waals surface area contributed by atoms with E-state index in [0.717, 1.165) is 34.6 Å². The van der Waals surface area contributed by atoms with Gasteiger partial charge in [-0.2, -0.15) is 21.5 Å². The van der Waals surface area contributed by atoms with E-state index in [9.17, 15) is 31.2 Å². The van der Waals surface area contributed by atoms with Gasteiger partial charge in [0.15, 0.2) is 0 Å². The van der Waals surface area contributed by atoms with Crippen molar-refractivity contribution in [3.8, 4) is 0 Å². The molecule has 0 aliphatic carbocycles. The molecule has 0 saturated carbocycles. The minimum absolute atomic E-state index is 0.0146. The molecule has 2 amide bonds. The van der Waals surface area contributed by atoms with Crippen LogP contribution in [-0.4, -0.2) is 67.6 Å². The Morgan fingerprint density at radius 1 is 1.00 bits per heavy atom. The largest absolute Gasteiger partial charge is 0.317 e. The van der Waals surface area contributed by atoms with Crippen molar-refractivity contribution in [3.05, 3.63) is 65.2 Å². The fraction of sp³-hybridized carbons (Fsp3) is 0.417. The number of nitrogens with one attached hydrogen (secondary N) is 2. The van der Waals surface area contributed by atoms with E-state index in [0.29, 0.717) is 13.1 Å². The van der Waals surface area contributed by atoms with Crippen LogP contribution >= 0.6 is 0 Å². The lowest BCUT2D eigenvalue weighted by Crippen LogP contribution is -2.57. The number of carbonyl (C=O) groups is 2. The van der Waals surface area contributed by atoms with E-state index in [1.807, 2.05) is 20.8 Å². The fourth-order valence-corrected chi connectivity index (χ4v) is 5.47. The van der Waals surface area contributed by atoms with E-state index in [1.165, 1.54) is 21.9 Å². The lowest BCUT2D eigenvalue weighted by Gasteiger charge is -2.43. The zero-order chi connectivity index (χ0) is 28.3. The summed E-state index contributed by atoms with van der Waals surface area (Å²) in [5, 5.41) is 0. The lowest BCUT2D eigenvalue weighted by atomic mass is 10.1. The van der Waals surface area contributed by atoms with Crippen LogP contribution in [-0.2, 0) is 21.5 Å². The van der Waals surface area contributed by atoms with Crippen molar-refractivity contribution in [1.82, 2.24) is 20.1 Å². The predicted octanol–water partition coefficient (Wildman–Crippen LogP) is 2.66. The van der Waals surface area contributed by atoms with Crippen molar-refractivity contribution in [2.45, 2.75) is 39.3 Å². The first-order valence-corrected chi connectivity index (χ1v) is 13.0. The van der Waals surface area contributed by atoms with Gasteiger partial charge in [-0.25, -0.2) is 8.78 Å². The fourth-order valence-electron chi connectivity index (χ4n) is 3.88. The number of nitrogens with zero attached hydrogens (tertiary/aromatic N) is 3. The molecule has 9 nitrogen and oxygen atoms in total. The van der Waals surface area contributed by atoms with Crippen LogP contribution in [0, 0.1) is 11.6 Å². The zero-order valence-corrected chi connectivity index (χ0v) is 21.9. The predicted molar refractivity (Wildman–Crippen MR) is 132 cm³/mol. The third-order valence-electron chi connectivity index (χ3n) is 6.01. The van der Waals surface area contributed by atoms with Gasteiger partial charge in [0.25, 0.3) is 5.91 Å². The molecule has 208 valence electrons. The quantitative estimate of drug-likeness (QED) is 0.401. The summed E-state index contributed by atoms with van der Waals surface area (Å²) >= 11 is 0. The van der Waals surface area contributed by atoms with Crippen molar-refractivity contribution < 1.29 is 35.6 Å². The molecule has 0 bridgehead atoms. The molecule has 14 heteroatoms. The monoisotopic (exact) mass is 559 g/mol. The molecule has 2 aromatic rings. The molecular formula is C24H29F4N5O4S. The van der Waals surface area contributed by atoms with Crippen LogP contribution in [0.3, 0.4) is 0 Å². The number of hydrazine groups is 1. The summed E-state index contributed by atoms with van der Waals surface area (Å²) in [7, 11) is -4.22. The van der Waals surface area contributed by atoms with Crippen LogP contribution in [0.5, 0.6) is 0 Å². The topological polar surface area (TPSA) is 102 Å². The van der Waals surface area contributed by atoms with Crippen molar-refractivity contribution >= 4 is 27.7 Å². The number of halogens is 4. The summed E-state index contributed by atoms with van der Waals surface area (Å²) in [5.41, 5.74) is 2.63. The number of alkyl halides is 2. The van der Waals surface area contributed by atoms with Crippen LogP contribution in [0.1, 0.15) is 36.7 Å². The number of hydrogen-bond donors (Lipinski definition) is 2. The van der Waals surface area contributed by atoms with E-state index in [2.05, 4.69) is 4.90 Å². The smallest absolute Gasteiger partial charge is 0.296 e. The molecule has 0 unspecified atom stereocenters. The minimum Gasteiger partial charge on any atom is -0.296 e. The highest BCUT2D eigenvalue weighted by atomic mass is 32.2. The number of piperazine rings is 1. The van der Waals surface area contributed by atoms with Crippen molar-refractivity contribution in [2.75, 3.05) is 30.5 Å². The van der Waals surface area contributed by atoms with Crippen LogP contribution in [0.4, 0.5) is 23.2 Å². The molecule has 1 fully saturated rings. The standard InChI is InChI=1S/C24H29F4N5O4S/c1-24(2,3)31-9-11-32(12-10-31)38(36,37)33(19-6-4-5-18(25)14-19)15-17-8-7-16(13-20(17)26)22(34)29-30-23(35)21(27)28/h4-8,13-14,21H,9-12,15H2,1-3H3,(H,29,34)(H,30,35). The van der Waals surface area contributed by atoms with Gasteiger partial charge in [-0.3, -0.25) is 29.6 Å². The van der Waals surface area contributed by atoms with Gasteiger partial charge in [-0.05, 0) is 51.1 Å². The van der Waals surface area contributed by atoms with Crippen LogP contribution in [0.2, 0.25) is 0 Å². The normalized spacial score (nSPS) is 15.4. The van der Waals surface area contributed by atoms with E-state index >= 15 is 4.39 Å². The highest BCUT2D eigenvalue weighted by Crippen LogP contribution is 2.27. The van der Waals surface area contributed by atoms with Gasteiger partial charge in [0, 0.05) is 42.8 Å². The number of amides is 2. The summed E-state index contributed by atoms with van der Waals surface area (Å²) in [5.74, 6) is -4.45. The van der Waals surface area contributed by atoms with Gasteiger partial charge in [-0.15, -0.1) is 0 Å². The third kappa shape index (κ3) is 6.99. The highest BCUT2D eigenvalue weighted by Gasteiger charge is 2.35. The Kier molecular flexibility index (Phi) is 9.00. The Bertz CT molecular complexity index is 1280. The first-order valence-electron chi connectivity index (χ1n) is 11.7. The van der Waals surface area contributed by atoms with Gasteiger partial charge in [0.1, 0.15) is 11.6 Å². The van der Waals surface area contributed by atoms with Gasteiger partial charge in [0.2, 0.25) is 0 Å². The van der Waals surface area contributed by atoms with Crippen LogP contribution in [0.25, 0.3) is 0 Å². The number of anilines is 1. The van der Waals surface area contributed by atoms with Gasteiger partial charge < -0.3 is 0 Å². The number of carbonyl (C=O) groups excluding carboxylic acids is 2. The molecule has 0 spiro atoms. The second-order valence-corrected chi connectivity index (χ2v) is 11.5. The van der Waals surface area contributed by atoms with Crippen molar-refractivity contribution in [1.29, 1.82) is 0 Å². The summed E-state index contributed by atoms with van der Waals surface area (Å²) in [6.07, 6.45) is -3.36. The van der Waals surface area contributed by atoms with E-state index in [4.69, 9.17) is 0 Å². The number of benzene rings is 2. The van der Waals surface area contributed by atoms with E-state index in [-0.39, 0.29) is 35.4 Å². The molecule has 1 heterocycles. The Morgan fingerprint density at radius 3 is 2.21 bits per heavy atom. The number of hydrogen-bond acceptors (Lipinski definition) is 5. The Morgan fingerprint density at radius 2 is 1.66 bits per heavy atom. The van der Waals surface area contributed by atoms with Gasteiger partial charge >= 0.3 is 22.5 Å². The lowest BCUT2D eigenvalue weighted by molar-refractivity contribution is -0.132. The molecular weight excluding hydrogens is 530 g/mol. The molecule has 1 aliphatic heterocycles. The third-order valence-corrected chi connectivity index (χ3v) is 7.93. The molecule has 2 N–H and O–H groups in total. The Hall–Kier alpha value is -3.23. The summed E-state index contributed by atoms with van der Waals surface area (Å²) in [6, 6.07) is 7.96. The minimum atomic E-state index is -4.22. The number of rotatable bonds is 7. The molecule has 38 heavy (non-hydrogen) atoms. The molecule has 0 atom stereocenters. The maximum absolute atomic E-state index is 15.0. The highest BCUT2D eigenvalue weighted by molar-refractivity contribution is 7.90. The Labute approximate surface area is 218 Å². The van der Waals surface area contributed by atoms with Crippen LogP contribution < -0.4 is 15.2 Å². The molecule has 0 radical (unpaired) electrons. The van der Waals surface area contributed by atoms with Gasteiger partial charge in [-0.1, -0.05) is 12.1 Å². The Balaban J connectivity index is 1.85. The molecule has 2 aromatic carbocycles. The zero-order valence-electron chi connectivity index (χ0n) is 21.0. The first-order chi connectivity index (χ1) is 17.7. The van der Waals surface area contributed by atoms with Gasteiger partial charge in [0.05, 0.1) is 12.2 Å². The summed E-state index contributed by atoms with van der Waals surface area (Å²) < 4.78 is 83.1. The maximum Gasteiger partial charge on any atom is 0.317 e. The second-order valence-electron chi connectivity index (χ2n) is 9.60. The molecule has 1 saturated heterocycles. The SMILES string of the molecule is CC(C)(C)N1CCN(S(=O)(=O)N(Cc2ccc(C(=O)NNC(=O)C(F)F)cc2F)c2cccc(F)c2)CC1. The van der Waals surface area contributed by atoms with Crippen molar-refractivity contribution in [3.63, 3.8) is 0 Å². The van der Waals surface area contributed by atoms with E-state index in [1.54, 1.807) is 5.43 Å².